The average molecular weight is 369 g/mol. The first-order valence-corrected chi connectivity index (χ1v) is 7.72. The summed E-state index contributed by atoms with van der Waals surface area (Å²) in [5.74, 6) is -1.60. The standard InChI is InChI=1S/C15H17BrN2O4/c1-17(9-13(19)20)15(22)12-3-2-8-18(12)14(21)10-4-6-11(16)7-5-10/h4-7,12H,2-3,8-9H2,1H3,(H,19,20). The second-order valence-electron chi connectivity index (χ2n) is 5.25. The van der Waals surface area contributed by atoms with E-state index in [1.807, 2.05) is 0 Å². The molecule has 1 heterocycles. The van der Waals surface area contributed by atoms with Gasteiger partial charge in [-0.2, -0.15) is 0 Å². The summed E-state index contributed by atoms with van der Waals surface area (Å²) >= 11 is 3.31. The highest BCUT2D eigenvalue weighted by molar-refractivity contribution is 9.10. The molecule has 1 unspecified atom stereocenters. The Bertz CT molecular complexity index is 588. The fourth-order valence-electron chi connectivity index (χ4n) is 2.56. The van der Waals surface area contributed by atoms with E-state index in [4.69, 9.17) is 5.11 Å². The molecule has 1 aliphatic heterocycles. The molecule has 1 aliphatic rings. The Kier molecular flexibility index (Phi) is 5.18. The highest BCUT2D eigenvalue weighted by atomic mass is 79.9. The second-order valence-corrected chi connectivity index (χ2v) is 6.17. The minimum absolute atomic E-state index is 0.202. The molecule has 2 rings (SSSR count). The van der Waals surface area contributed by atoms with Crippen molar-refractivity contribution in [2.24, 2.45) is 0 Å². The summed E-state index contributed by atoms with van der Waals surface area (Å²) in [5.41, 5.74) is 0.517. The molecular formula is C15H17BrN2O4. The smallest absolute Gasteiger partial charge is 0.323 e. The average Bonchev–Trinajstić information content (AvgIpc) is 2.95. The number of hydrogen-bond acceptors (Lipinski definition) is 3. The Hall–Kier alpha value is -1.89. The van der Waals surface area contributed by atoms with Gasteiger partial charge in [0.2, 0.25) is 5.91 Å². The van der Waals surface area contributed by atoms with Gasteiger partial charge in [0, 0.05) is 23.6 Å². The SMILES string of the molecule is CN(CC(=O)O)C(=O)C1CCCN1C(=O)c1ccc(Br)cc1. The normalized spacial score (nSPS) is 17.4. The molecule has 0 saturated carbocycles. The number of carbonyl (C=O) groups is 3. The van der Waals surface area contributed by atoms with Crippen LogP contribution in [0.15, 0.2) is 28.7 Å². The lowest BCUT2D eigenvalue weighted by Gasteiger charge is -2.27. The first kappa shape index (κ1) is 16.5. The van der Waals surface area contributed by atoms with Crippen molar-refractivity contribution in [1.82, 2.24) is 9.80 Å². The van der Waals surface area contributed by atoms with E-state index in [9.17, 15) is 14.4 Å². The Labute approximate surface area is 136 Å². The molecule has 1 atom stereocenters. The van der Waals surface area contributed by atoms with Crippen molar-refractivity contribution in [3.63, 3.8) is 0 Å². The van der Waals surface area contributed by atoms with Crippen LogP contribution in [0.1, 0.15) is 23.2 Å². The molecule has 1 N–H and O–H groups in total. The van der Waals surface area contributed by atoms with Gasteiger partial charge in [0.05, 0.1) is 0 Å². The Balaban J connectivity index is 2.13. The van der Waals surface area contributed by atoms with E-state index in [1.165, 1.54) is 11.9 Å². The Morgan fingerprint density at radius 1 is 1.32 bits per heavy atom. The van der Waals surface area contributed by atoms with Crippen LogP contribution in [0.5, 0.6) is 0 Å². The molecule has 0 radical (unpaired) electrons. The van der Waals surface area contributed by atoms with Crippen molar-refractivity contribution in [3.05, 3.63) is 34.3 Å². The van der Waals surface area contributed by atoms with Crippen LogP contribution >= 0.6 is 15.9 Å². The molecule has 0 bridgehead atoms. The zero-order chi connectivity index (χ0) is 16.3. The van der Waals surface area contributed by atoms with Gasteiger partial charge in [-0.05, 0) is 37.1 Å². The number of halogens is 1. The quantitative estimate of drug-likeness (QED) is 0.875. The molecule has 6 nitrogen and oxygen atoms in total. The van der Waals surface area contributed by atoms with E-state index in [0.717, 1.165) is 15.8 Å². The number of likely N-dealkylation sites (tertiary alicyclic amines) is 1. The van der Waals surface area contributed by atoms with Crippen molar-refractivity contribution in [2.75, 3.05) is 20.1 Å². The first-order chi connectivity index (χ1) is 10.4. The summed E-state index contributed by atoms with van der Waals surface area (Å²) in [4.78, 5) is 38.3. The molecule has 0 aliphatic carbocycles. The Morgan fingerprint density at radius 3 is 2.55 bits per heavy atom. The van der Waals surface area contributed by atoms with Crippen molar-refractivity contribution < 1.29 is 19.5 Å². The number of carboxylic acid groups (broad SMARTS) is 1. The van der Waals surface area contributed by atoms with Gasteiger partial charge in [-0.3, -0.25) is 14.4 Å². The number of aliphatic carboxylic acids is 1. The van der Waals surface area contributed by atoms with Crippen LogP contribution in [-0.4, -0.2) is 58.9 Å². The van der Waals surface area contributed by atoms with Gasteiger partial charge >= 0.3 is 5.97 Å². The number of amides is 2. The summed E-state index contributed by atoms with van der Waals surface area (Å²) < 4.78 is 0.874. The van der Waals surface area contributed by atoms with Gasteiger partial charge in [0.1, 0.15) is 12.6 Å². The number of benzene rings is 1. The van der Waals surface area contributed by atoms with Gasteiger partial charge in [-0.15, -0.1) is 0 Å². The van der Waals surface area contributed by atoms with Gasteiger partial charge in [-0.25, -0.2) is 0 Å². The van der Waals surface area contributed by atoms with Crippen molar-refractivity contribution in [1.29, 1.82) is 0 Å². The predicted molar refractivity (Wildman–Crippen MR) is 83.5 cm³/mol. The van der Waals surface area contributed by atoms with Gasteiger partial charge in [0.15, 0.2) is 0 Å². The fourth-order valence-corrected chi connectivity index (χ4v) is 2.82. The molecule has 1 fully saturated rings. The highest BCUT2D eigenvalue weighted by Gasteiger charge is 2.36. The number of likely N-dealkylation sites (N-methyl/N-ethyl adjacent to an activating group) is 1. The molecule has 0 aromatic heterocycles. The second kappa shape index (κ2) is 6.91. The molecular weight excluding hydrogens is 352 g/mol. The number of carbonyl (C=O) groups excluding carboxylic acids is 2. The van der Waals surface area contributed by atoms with Crippen LogP contribution in [0.3, 0.4) is 0 Å². The molecule has 1 aromatic rings. The maximum absolute atomic E-state index is 12.5. The minimum atomic E-state index is -1.07. The van der Waals surface area contributed by atoms with Crippen LogP contribution < -0.4 is 0 Å². The van der Waals surface area contributed by atoms with Crippen molar-refractivity contribution in [2.45, 2.75) is 18.9 Å². The van der Waals surface area contributed by atoms with E-state index >= 15 is 0 Å². The Morgan fingerprint density at radius 2 is 1.95 bits per heavy atom. The molecule has 118 valence electrons. The maximum Gasteiger partial charge on any atom is 0.323 e. The molecule has 2 amide bonds. The monoisotopic (exact) mass is 368 g/mol. The number of rotatable bonds is 4. The van der Waals surface area contributed by atoms with Crippen LogP contribution in [0.2, 0.25) is 0 Å². The summed E-state index contributed by atoms with van der Waals surface area (Å²) in [6.07, 6.45) is 1.30. The number of carboxylic acids is 1. The zero-order valence-electron chi connectivity index (χ0n) is 12.2. The number of nitrogens with zero attached hydrogens (tertiary/aromatic N) is 2. The van der Waals surface area contributed by atoms with Gasteiger partial charge in [-0.1, -0.05) is 15.9 Å². The topological polar surface area (TPSA) is 77.9 Å². The maximum atomic E-state index is 12.5. The van der Waals surface area contributed by atoms with Crippen LogP contribution in [0.25, 0.3) is 0 Å². The molecule has 22 heavy (non-hydrogen) atoms. The van der Waals surface area contributed by atoms with E-state index < -0.39 is 12.0 Å². The molecule has 1 saturated heterocycles. The third-order valence-corrected chi connectivity index (χ3v) is 4.17. The van der Waals surface area contributed by atoms with E-state index in [1.54, 1.807) is 24.3 Å². The fraction of sp³-hybridized carbons (Fsp3) is 0.400. The van der Waals surface area contributed by atoms with Crippen molar-refractivity contribution >= 4 is 33.7 Å². The van der Waals surface area contributed by atoms with Crippen molar-refractivity contribution in [3.8, 4) is 0 Å². The lowest BCUT2D eigenvalue weighted by molar-refractivity contribution is -0.145. The lowest BCUT2D eigenvalue weighted by atomic mass is 10.1. The van der Waals surface area contributed by atoms with Crippen LogP contribution in [-0.2, 0) is 9.59 Å². The first-order valence-electron chi connectivity index (χ1n) is 6.93. The van der Waals surface area contributed by atoms with Gasteiger partial charge < -0.3 is 14.9 Å². The van der Waals surface area contributed by atoms with Crippen LogP contribution in [0, 0.1) is 0 Å². The molecule has 1 aromatic carbocycles. The van der Waals surface area contributed by atoms with E-state index in [2.05, 4.69) is 15.9 Å². The van der Waals surface area contributed by atoms with Crippen LogP contribution in [0.4, 0.5) is 0 Å². The van der Waals surface area contributed by atoms with Gasteiger partial charge in [0.25, 0.3) is 5.91 Å². The highest BCUT2D eigenvalue weighted by Crippen LogP contribution is 2.22. The number of hydrogen-bond donors (Lipinski definition) is 1. The largest absolute Gasteiger partial charge is 0.480 e. The van der Waals surface area contributed by atoms with E-state index in [-0.39, 0.29) is 18.4 Å². The summed E-state index contributed by atoms with van der Waals surface area (Å²) in [5, 5.41) is 8.78. The molecule has 0 spiro atoms. The summed E-state index contributed by atoms with van der Waals surface area (Å²) in [6.45, 7) is 0.141. The summed E-state index contributed by atoms with van der Waals surface area (Å²) in [7, 11) is 1.44. The predicted octanol–water partition coefficient (Wildman–Crippen LogP) is 1.60. The minimum Gasteiger partial charge on any atom is -0.480 e. The summed E-state index contributed by atoms with van der Waals surface area (Å²) in [6, 6.07) is 6.37. The lowest BCUT2D eigenvalue weighted by Crippen LogP contribution is -2.47. The van der Waals surface area contributed by atoms with E-state index in [0.29, 0.717) is 18.5 Å². The third-order valence-electron chi connectivity index (χ3n) is 3.64. The molecule has 7 heteroatoms. The zero-order valence-corrected chi connectivity index (χ0v) is 13.7. The third kappa shape index (κ3) is 3.65.